The fourth-order valence-corrected chi connectivity index (χ4v) is 5.69. The molecule has 0 saturated carbocycles. The number of aliphatic carboxylic acids is 1. The normalized spacial score (nSPS) is 14.7. The van der Waals surface area contributed by atoms with Crippen molar-refractivity contribution in [3.63, 3.8) is 0 Å². The number of carbonyl (C=O) groups is 3. The molecule has 0 bridgehead atoms. The van der Waals surface area contributed by atoms with E-state index in [-0.39, 0.29) is 12.8 Å². The van der Waals surface area contributed by atoms with Gasteiger partial charge in [0.05, 0.1) is 13.2 Å². The van der Waals surface area contributed by atoms with Gasteiger partial charge in [0.2, 0.25) is 5.91 Å². The smallest absolute Gasteiger partial charge is 0.472 e. The van der Waals surface area contributed by atoms with Gasteiger partial charge >= 0.3 is 19.8 Å². The summed E-state index contributed by atoms with van der Waals surface area (Å²) in [5.41, 5.74) is 0. The lowest BCUT2D eigenvalue weighted by Crippen LogP contribution is -2.43. The first-order valence-corrected chi connectivity index (χ1v) is 22.3. The fourth-order valence-electron chi connectivity index (χ4n) is 4.92. The van der Waals surface area contributed by atoms with E-state index in [0.29, 0.717) is 12.8 Å². The van der Waals surface area contributed by atoms with Crippen molar-refractivity contribution < 1.29 is 47.8 Å². The number of carboxylic acid groups (broad SMARTS) is 1. The third-order valence-electron chi connectivity index (χ3n) is 8.14. The molecule has 1 amide bonds. The van der Waals surface area contributed by atoms with E-state index < -0.39 is 57.6 Å². The minimum Gasteiger partial charge on any atom is -0.480 e. The van der Waals surface area contributed by atoms with Crippen molar-refractivity contribution in [3.05, 3.63) is 97.2 Å². The van der Waals surface area contributed by atoms with E-state index in [1.807, 2.05) is 12.2 Å². The number of esters is 1. The van der Waals surface area contributed by atoms with Gasteiger partial charge in [-0.25, -0.2) is 9.36 Å². The first kappa shape index (κ1) is 53.4. The number of amides is 1. The van der Waals surface area contributed by atoms with E-state index in [1.165, 1.54) is 19.3 Å². The Morgan fingerprint density at radius 1 is 0.596 bits per heavy atom. The van der Waals surface area contributed by atoms with Crippen LogP contribution >= 0.6 is 7.82 Å². The molecule has 57 heavy (non-hydrogen) atoms. The highest BCUT2D eigenvalue weighted by Crippen LogP contribution is 2.43. The van der Waals surface area contributed by atoms with Crippen LogP contribution in [-0.4, -0.2) is 64.9 Å². The van der Waals surface area contributed by atoms with Gasteiger partial charge in [-0.15, -0.1) is 0 Å². The Kier molecular flexibility index (Phi) is 36.8. The van der Waals surface area contributed by atoms with Crippen LogP contribution in [0.25, 0.3) is 0 Å². The molecule has 4 N–H and O–H groups in total. The molecule has 12 heteroatoms. The second-order valence-electron chi connectivity index (χ2n) is 13.5. The zero-order valence-electron chi connectivity index (χ0n) is 34.6. The van der Waals surface area contributed by atoms with Gasteiger partial charge in [0.1, 0.15) is 12.7 Å². The number of ether oxygens (including phenoxy) is 1. The number of hydrogen-bond donors (Lipinski definition) is 4. The molecule has 0 heterocycles. The number of nitrogens with one attached hydrogen (secondary N) is 1. The van der Waals surface area contributed by atoms with E-state index in [9.17, 15) is 34.1 Å². The fraction of sp³-hybridized carbons (Fsp3) is 0.578. The number of aliphatic hydroxyl groups is 1. The summed E-state index contributed by atoms with van der Waals surface area (Å²) >= 11 is 0. The van der Waals surface area contributed by atoms with Crippen molar-refractivity contribution in [1.29, 1.82) is 0 Å². The number of allylic oxidation sites excluding steroid dienone is 15. The van der Waals surface area contributed by atoms with Gasteiger partial charge in [0.25, 0.3) is 0 Å². The molecular formula is C45H72NO10P. The van der Waals surface area contributed by atoms with Crippen molar-refractivity contribution in [2.75, 3.05) is 19.8 Å². The van der Waals surface area contributed by atoms with Crippen LogP contribution in [-0.2, 0) is 32.7 Å². The second-order valence-corrected chi connectivity index (χ2v) is 14.9. The molecule has 0 aliphatic carbocycles. The van der Waals surface area contributed by atoms with Crippen molar-refractivity contribution in [2.45, 2.75) is 148 Å². The van der Waals surface area contributed by atoms with Crippen molar-refractivity contribution in [2.24, 2.45) is 0 Å². The molecule has 322 valence electrons. The van der Waals surface area contributed by atoms with Gasteiger partial charge in [-0.2, -0.15) is 0 Å². The largest absolute Gasteiger partial charge is 0.480 e. The monoisotopic (exact) mass is 817 g/mol. The molecule has 3 atom stereocenters. The highest BCUT2D eigenvalue weighted by atomic mass is 31.2. The number of aliphatic hydroxyl groups excluding tert-OH is 1. The molecular weight excluding hydrogens is 745 g/mol. The summed E-state index contributed by atoms with van der Waals surface area (Å²) in [4.78, 5) is 45.7. The number of hydrogen-bond acceptors (Lipinski definition) is 8. The summed E-state index contributed by atoms with van der Waals surface area (Å²) < 4.78 is 26.7. The average molecular weight is 818 g/mol. The minimum atomic E-state index is -4.79. The molecule has 0 spiro atoms. The molecule has 0 saturated heterocycles. The zero-order valence-corrected chi connectivity index (χ0v) is 35.5. The summed E-state index contributed by atoms with van der Waals surface area (Å²) in [5, 5.41) is 21.7. The van der Waals surface area contributed by atoms with Crippen LogP contribution in [0.4, 0.5) is 0 Å². The van der Waals surface area contributed by atoms with Crippen LogP contribution in [0.2, 0.25) is 0 Å². The number of unbranched alkanes of at least 4 members (excludes halogenated alkanes) is 8. The van der Waals surface area contributed by atoms with Crippen LogP contribution in [0, 0.1) is 0 Å². The molecule has 0 aromatic rings. The lowest BCUT2D eigenvalue weighted by Gasteiger charge is -2.18. The van der Waals surface area contributed by atoms with E-state index >= 15 is 0 Å². The minimum absolute atomic E-state index is 0.0955. The van der Waals surface area contributed by atoms with E-state index in [1.54, 1.807) is 12.2 Å². The summed E-state index contributed by atoms with van der Waals surface area (Å²) in [6.45, 7) is 2.34. The highest BCUT2D eigenvalue weighted by Gasteiger charge is 2.28. The Morgan fingerprint density at radius 2 is 1.05 bits per heavy atom. The predicted octanol–water partition coefficient (Wildman–Crippen LogP) is 10.5. The highest BCUT2D eigenvalue weighted by molar-refractivity contribution is 7.47. The van der Waals surface area contributed by atoms with Gasteiger partial charge in [0.15, 0.2) is 6.04 Å². The van der Waals surface area contributed by atoms with E-state index in [2.05, 4.69) is 92.1 Å². The Balaban J connectivity index is 4.11. The van der Waals surface area contributed by atoms with Gasteiger partial charge < -0.3 is 25.2 Å². The predicted molar refractivity (Wildman–Crippen MR) is 230 cm³/mol. The maximum Gasteiger partial charge on any atom is 0.472 e. The summed E-state index contributed by atoms with van der Waals surface area (Å²) in [6, 6.07) is -1.61. The molecule has 0 rings (SSSR count). The number of phosphoric acid groups is 1. The standard InChI is InChI=1S/C45H72NO10P/c1-3-5-7-9-11-13-15-17-18-19-20-21-22-23-24-25-26-28-30-32-34-36-43(48)46-42(45(50)51)40-56-57(52,53)55-39-41(47)38-54-44(49)37-35-33-31-29-27-16-14-12-10-8-6-4-2/h5,7,11-14,17-18,20-21,23-24,26,28,32,34,41-42,47H,3-4,6,8-10,15-16,19,22,25,27,29-31,33,35-40H2,1-2H3,(H,46,48)(H,50,51)(H,52,53)/b7-5-,13-11-,14-12-,18-17-,21-20-,24-23-,28-26-,34-32-. The Bertz CT molecular complexity index is 1330. The van der Waals surface area contributed by atoms with Gasteiger partial charge in [-0.1, -0.05) is 143 Å². The average Bonchev–Trinajstić information content (AvgIpc) is 3.18. The van der Waals surface area contributed by atoms with Crippen molar-refractivity contribution >= 4 is 25.7 Å². The Hall–Kier alpha value is -3.60. The van der Waals surface area contributed by atoms with Gasteiger partial charge in [-0.3, -0.25) is 18.6 Å². The number of carbonyl (C=O) groups excluding carboxylic acids is 2. The Morgan fingerprint density at radius 3 is 1.56 bits per heavy atom. The first-order chi connectivity index (χ1) is 27.6. The van der Waals surface area contributed by atoms with Crippen LogP contribution < -0.4 is 5.32 Å². The van der Waals surface area contributed by atoms with Gasteiger partial charge in [-0.05, 0) is 77.0 Å². The maximum atomic E-state index is 12.2. The molecule has 0 aromatic heterocycles. The Labute approximate surface area is 343 Å². The van der Waals surface area contributed by atoms with E-state index in [0.717, 1.165) is 77.0 Å². The lowest BCUT2D eigenvalue weighted by molar-refractivity contribution is -0.147. The van der Waals surface area contributed by atoms with Crippen LogP contribution in [0.15, 0.2) is 97.2 Å². The quantitative estimate of drug-likeness (QED) is 0.0205. The summed E-state index contributed by atoms with van der Waals surface area (Å²) in [5.74, 6) is -2.57. The molecule has 0 aromatic carbocycles. The summed E-state index contributed by atoms with van der Waals surface area (Å²) in [7, 11) is -4.79. The first-order valence-electron chi connectivity index (χ1n) is 20.8. The van der Waals surface area contributed by atoms with Crippen molar-refractivity contribution in [3.8, 4) is 0 Å². The SMILES string of the molecule is CC/C=C\C/C=C\C/C=C\C/C=C\C/C=C\C/C=C\C/C=C\CC(=O)NC(COP(=O)(O)OCC(O)COC(=O)CCCCCCC/C=C\CCCCC)C(=O)O. The molecule has 0 aliphatic heterocycles. The zero-order chi connectivity index (χ0) is 42.1. The second kappa shape index (κ2) is 39.2. The van der Waals surface area contributed by atoms with Crippen LogP contribution in [0.5, 0.6) is 0 Å². The molecule has 0 aliphatic rings. The molecule has 3 unspecified atom stereocenters. The van der Waals surface area contributed by atoms with Crippen LogP contribution in [0.1, 0.15) is 136 Å². The summed E-state index contributed by atoms with van der Waals surface area (Å²) in [6.07, 6.45) is 49.0. The third-order valence-corrected chi connectivity index (χ3v) is 9.09. The van der Waals surface area contributed by atoms with Crippen molar-refractivity contribution in [1.82, 2.24) is 5.32 Å². The van der Waals surface area contributed by atoms with Gasteiger partial charge in [0, 0.05) is 12.8 Å². The lowest BCUT2D eigenvalue weighted by atomic mass is 10.1. The topological polar surface area (TPSA) is 169 Å². The number of carboxylic acids is 1. The maximum absolute atomic E-state index is 12.2. The van der Waals surface area contributed by atoms with Crippen LogP contribution in [0.3, 0.4) is 0 Å². The number of rotatable bonds is 37. The molecule has 11 nitrogen and oxygen atoms in total. The van der Waals surface area contributed by atoms with E-state index in [4.69, 9.17) is 13.8 Å². The molecule has 0 radical (unpaired) electrons. The number of phosphoric ester groups is 1. The molecule has 0 fully saturated rings. The third kappa shape index (κ3) is 39.0.